The smallest absolute Gasteiger partial charge is 0.307 e. The molecule has 0 aromatic carbocycles. The summed E-state index contributed by atoms with van der Waals surface area (Å²) in [6.07, 6.45) is -2.18. The lowest BCUT2D eigenvalue weighted by molar-refractivity contribution is -0.204. The van der Waals surface area contributed by atoms with Gasteiger partial charge in [-0.1, -0.05) is 12.2 Å². The lowest BCUT2D eigenvalue weighted by atomic mass is 10.1. The van der Waals surface area contributed by atoms with Crippen molar-refractivity contribution in [3.8, 4) is 0 Å². The van der Waals surface area contributed by atoms with Gasteiger partial charge < -0.3 is 9.05 Å². The summed E-state index contributed by atoms with van der Waals surface area (Å²) in [5, 5.41) is -2.61. The molecule has 0 bridgehead atoms. The van der Waals surface area contributed by atoms with Gasteiger partial charge in [0.25, 0.3) is 0 Å². The highest BCUT2D eigenvalue weighted by Crippen LogP contribution is 2.68. The molecule has 1 aliphatic rings. The SMILES string of the molecule is CCOP(=O)(OCC)C1(C(F)(F)F)CC=CCN1C. The highest BCUT2D eigenvalue weighted by Gasteiger charge is 2.70. The van der Waals surface area contributed by atoms with Crippen molar-refractivity contribution in [1.82, 2.24) is 4.90 Å². The Balaban J connectivity index is 3.37. The third-order valence-corrected chi connectivity index (χ3v) is 5.96. The minimum Gasteiger partial charge on any atom is -0.307 e. The fourth-order valence-corrected chi connectivity index (χ4v) is 4.51. The van der Waals surface area contributed by atoms with Crippen molar-refractivity contribution in [3.05, 3.63) is 12.2 Å². The molecule has 19 heavy (non-hydrogen) atoms. The molecule has 0 saturated heterocycles. The van der Waals surface area contributed by atoms with Crippen LogP contribution in [0.1, 0.15) is 20.3 Å². The molecule has 0 aromatic rings. The fourth-order valence-electron chi connectivity index (χ4n) is 2.19. The van der Waals surface area contributed by atoms with Crippen molar-refractivity contribution in [2.24, 2.45) is 0 Å². The third-order valence-electron chi connectivity index (χ3n) is 3.09. The lowest BCUT2D eigenvalue weighted by Gasteiger charge is -2.46. The average molecular weight is 301 g/mol. The van der Waals surface area contributed by atoms with Gasteiger partial charge in [0.1, 0.15) is 0 Å². The summed E-state index contributed by atoms with van der Waals surface area (Å²) in [4.78, 5) is 0.999. The van der Waals surface area contributed by atoms with Crippen LogP contribution in [0.25, 0.3) is 0 Å². The van der Waals surface area contributed by atoms with E-state index in [1.807, 2.05) is 0 Å². The maximum absolute atomic E-state index is 13.6. The van der Waals surface area contributed by atoms with Crippen LogP contribution in [0.3, 0.4) is 0 Å². The summed E-state index contributed by atoms with van der Waals surface area (Å²) in [5.74, 6) is 0. The zero-order valence-electron chi connectivity index (χ0n) is 11.2. The zero-order valence-corrected chi connectivity index (χ0v) is 12.1. The Kier molecular flexibility index (Phi) is 5.23. The van der Waals surface area contributed by atoms with Crippen molar-refractivity contribution in [2.75, 3.05) is 26.8 Å². The van der Waals surface area contributed by atoms with Gasteiger partial charge in [0.05, 0.1) is 13.2 Å². The monoisotopic (exact) mass is 301 g/mol. The van der Waals surface area contributed by atoms with Crippen LogP contribution in [-0.4, -0.2) is 43.2 Å². The molecule has 1 heterocycles. The first-order valence-corrected chi connectivity index (χ1v) is 7.61. The van der Waals surface area contributed by atoms with Gasteiger partial charge in [-0.25, -0.2) is 0 Å². The van der Waals surface area contributed by atoms with Gasteiger partial charge in [0.15, 0.2) is 0 Å². The number of rotatable bonds is 5. The molecule has 0 radical (unpaired) electrons. The summed E-state index contributed by atoms with van der Waals surface area (Å²) in [6.45, 7) is 2.83. The first-order valence-electron chi connectivity index (χ1n) is 6.07. The van der Waals surface area contributed by atoms with Crippen LogP contribution in [-0.2, 0) is 13.6 Å². The second-order valence-corrected chi connectivity index (χ2v) is 6.45. The number of hydrogen-bond donors (Lipinski definition) is 0. The predicted octanol–water partition coefficient (Wildman–Crippen LogP) is 3.40. The van der Waals surface area contributed by atoms with Crippen LogP contribution in [0.5, 0.6) is 0 Å². The second-order valence-electron chi connectivity index (χ2n) is 4.20. The molecule has 0 fully saturated rings. The number of alkyl halides is 3. The van der Waals surface area contributed by atoms with E-state index < -0.39 is 25.5 Å². The first-order chi connectivity index (χ1) is 8.75. The van der Waals surface area contributed by atoms with E-state index in [4.69, 9.17) is 9.05 Å². The van der Waals surface area contributed by atoms with Gasteiger partial charge in [-0.3, -0.25) is 9.46 Å². The molecular formula is C11H19F3NO3P. The summed E-state index contributed by atoms with van der Waals surface area (Å²) in [6, 6.07) is 0. The van der Waals surface area contributed by atoms with E-state index in [-0.39, 0.29) is 19.8 Å². The summed E-state index contributed by atoms with van der Waals surface area (Å²) in [7, 11) is -3.07. The molecule has 112 valence electrons. The van der Waals surface area contributed by atoms with E-state index in [9.17, 15) is 17.7 Å². The van der Waals surface area contributed by atoms with Crippen molar-refractivity contribution in [2.45, 2.75) is 31.7 Å². The summed E-state index contributed by atoms with van der Waals surface area (Å²) in [5.41, 5.74) is 0. The van der Waals surface area contributed by atoms with E-state index in [2.05, 4.69) is 0 Å². The quantitative estimate of drug-likeness (QED) is 0.576. The highest BCUT2D eigenvalue weighted by molar-refractivity contribution is 7.55. The Morgan fingerprint density at radius 2 is 1.79 bits per heavy atom. The van der Waals surface area contributed by atoms with E-state index in [0.717, 1.165) is 4.90 Å². The first kappa shape index (κ1) is 16.7. The van der Waals surface area contributed by atoms with Gasteiger partial charge in [-0.15, -0.1) is 0 Å². The van der Waals surface area contributed by atoms with Crippen LogP contribution in [0.15, 0.2) is 12.2 Å². The Hall–Kier alpha value is -0.360. The molecule has 1 rings (SSSR count). The number of hydrogen-bond acceptors (Lipinski definition) is 4. The molecule has 0 N–H and O–H groups in total. The Morgan fingerprint density at radius 1 is 1.26 bits per heavy atom. The molecule has 1 atom stereocenters. The molecule has 0 saturated carbocycles. The average Bonchev–Trinajstić information content (AvgIpc) is 2.28. The number of likely N-dealkylation sites (N-methyl/N-ethyl adjacent to an activating group) is 1. The topological polar surface area (TPSA) is 38.8 Å². The van der Waals surface area contributed by atoms with Gasteiger partial charge in [0.2, 0.25) is 5.28 Å². The normalized spacial score (nSPS) is 25.8. The van der Waals surface area contributed by atoms with Crippen molar-refractivity contribution < 1.29 is 26.8 Å². The molecule has 8 heteroatoms. The zero-order chi connectivity index (χ0) is 14.7. The van der Waals surface area contributed by atoms with Crippen molar-refractivity contribution in [3.63, 3.8) is 0 Å². The number of nitrogens with zero attached hydrogens (tertiary/aromatic N) is 1. The van der Waals surface area contributed by atoms with Crippen LogP contribution in [0.2, 0.25) is 0 Å². The molecule has 1 aliphatic heterocycles. The van der Waals surface area contributed by atoms with Crippen LogP contribution in [0, 0.1) is 0 Å². The van der Waals surface area contributed by atoms with E-state index in [1.165, 1.54) is 27.0 Å². The Labute approximate surface area is 111 Å². The van der Waals surface area contributed by atoms with Crippen molar-refractivity contribution >= 4 is 7.60 Å². The standard InChI is InChI=1S/C11H19F3NO3P/c1-4-17-19(16,18-5-2)10(11(12,13)14)8-6-7-9-15(10)3/h6-7H,4-5,8-9H2,1-3H3. The van der Waals surface area contributed by atoms with Crippen LogP contribution in [0.4, 0.5) is 13.2 Å². The summed E-state index contributed by atoms with van der Waals surface area (Å²) < 4.78 is 63.3. The molecule has 1 unspecified atom stereocenters. The van der Waals surface area contributed by atoms with E-state index in [0.29, 0.717) is 0 Å². The van der Waals surface area contributed by atoms with Gasteiger partial charge in [0, 0.05) is 13.0 Å². The second kappa shape index (κ2) is 5.95. The summed E-state index contributed by atoms with van der Waals surface area (Å²) >= 11 is 0. The van der Waals surface area contributed by atoms with Gasteiger partial charge >= 0.3 is 13.8 Å². The minimum absolute atomic E-state index is 0.0453. The van der Waals surface area contributed by atoms with Crippen LogP contribution >= 0.6 is 7.60 Å². The molecule has 0 spiro atoms. The highest BCUT2D eigenvalue weighted by atomic mass is 31.2. The van der Waals surface area contributed by atoms with Crippen LogP contribution < -0.4 is 0 Å². The number of halogens is 3. The maximum Gasteiger partial charge on any atom is 0.418 e. The minimum atomic E-state index is -4.72. The maximum atomic E-state index is 13.6. The van der Waals surface area contributed by atoms with Gasteiger partial charge in [-0.05, 0) is 20.9 Å². The Morgan fingerprint density at radius 3 is 2.16 bits per heavy atom. The van der Waals surface area contributed by atoms with E-state index >= 15 is 0 Å². The predicted molar refractivity (Wildman–Crippen MR) is 66.0 cm³/mol. The van der Waals surface area contributed by atoms with Gasteiger partial charge in [-0.2, -0.15) is 13.2 Å². The molecule has 4 nitrogen and oxygen atoms in total. The molecule has 0 aromatic heterocycles. The van der Waals surface area contributed by atoms with Crippen molar-refractivity contribution in [1.29, 1.82) is 0 Å². The third kappa shape index (κ3) is 2.75. The largest absolute Gasteiger partial charge is 0.418 e. The molecule has 0 amide bonds. The molecular weight excluding hydrogens is 282 g/mol. The lowest BCUT2D eigenvalue weighted by Crippen LogP contribution is -2.58. The van der Waals surface area contributed by atoms with E-state index in [1.54, 1.807) is 6.08 Å². The molecule has 0 aliphatic carbocycles. The Bertz CT molecular complexity index is 376. The fraction of sp³-hybridized carbons (Fsp3) is 0.818.